The van der Waals surface area contributed by atoms with Gasteiger partial charge in [0.05, 0.1) is 0 Å². The largest absolute Gasteiger partial charge is 0.342 e. The molecule has 0 aromatic carbocycles. The molecule has 0 aromatic heterocycles. The molecule has 2 aliphatic heterocycles. The molecule has 3 heteroatoms. The van der Waals surface area contributed by atoms with Crippen LogP contribution in [0.2, 0.25) is 0 Å². The fraction of sp³-hybridized carbons (Fsp3) is 0.667. The van der Waals surface area contributed by atoms with E-state index in [0.29, 0.717) is 5.92 Å². The maximum absolute atomic E-state index is 11.4. The van der Waals surface area contributed by atoms with E-state index in [2.05, 4.69) is 11.4 Å². The van der Waals surface area contributed by atoms with E-state index in [1.807, 2.05) is 7.05 Å². The van der Waals surface area contributed by atoms with Gasteiger partial charge in [0, 0.05) is 38.2 Å². The summed E-state index contributed by atoms with van der Waals surface area (Å²) in [5, 5.41) is 3.19. The Morgan fingerprint density at radius 3 is 2.75 bits per heavy atom. The van der Waals surface area contributed by atoms with Crippen molar-refractivity contribution in [2.75, 3.05) is 26.7 Å². The lowest BCUT2D eigenvalue weighted by Gasteiger charge is -2.24. The molecule has 2 aliphatic rings. The van der Waals surface area contributed by atoms with Crippen LogP contribution in [0.25, 0.3) is 0 Å². The minimum absolute atomic E-state index is 0.224. The molecule has 1 N–H and O–H groups in total. The highest BCUT2D eigenvalue weighted by Crippen LogP contribution is 2.18. The van der Waals surface area contributed by atoms with Crippen molar-refractivity contribution in [3.05, 3.63) is 11.6 Å². The van der Waals surface area contributed by atoms with E-state index < -0.39 is 0 Å². The molecule has 1 amide bonds. The summed E-state index contributed by atoms with van der Waals surface area (Å²) in [6, 6.07) is 0. The van der Waals surface area contributed by atoms with Gasteiger partial charge in [0.2, 0.25) is 5.91 Å². The number of likely N-dealkylation sites (tertiary alicyclic amines) is 1. The average Bonchev–Trinajstić information content (AvgIpc) is 2.27. The first-order valence-corrected chi connectivity index (χ1v) is 4.44. The molecule has 0 aliphatic carbocycles. The van der Waals surface area contributed by atoms with E-state index in [9.17, 15) is 4.79 Å². The monoisotopic (exact) mass is 166 g/mol. The smallest absolute Gasteiger partial charge is 0.249 e. The van der Waals surface area contributed by atoms with Gasteiger partial charge in [-0.15, -0.1) is 0 Å². The lowest BCUT2D eigenvalue weighted by Crippen LogP contribution is -2.41. The van der Waals surface area contributed by atoms with Gasteiger partial charge in [-0.2, -0.15) is 0 Å². The molecular weight excluding hydrogens is 152 g/mol. The molecule has 2 fully saturated rings. The van der Waals surface area contributed by atoms with Crippen molar-refractivity contribution in [2.45, 2.75) is 6.42 Å². The SMILES string of the molecule is CN1CC/C(=C\C2CNC2)C1=O. The van der Waals surface area contributed by atoms with Gasteiger partial charge in [0.25, 0.3) is 0 Å². The van der Waals surface area contributed by atoms with Gasteiger partial charge in [0.1, 0.15) is 0 Å². The summed E-state index contributed by atoms with van der Waals surface area (Å²) in [5.74, 6) is 0.831. The number of nitrogens with one attached hydrogen (secondary N) is 1. The second kappa shape index (κ2) is 2.90. The average molecular weight is 166 g/mol. The van der Waals surface area contributed by atoms with Gasteiger partial charge in [0.15, 0.2) is 0 Å². The van der Waals surface area contributed by atoms with Crippen LogP contribution in [0.5, 0.6) is 0 Å². The Labute approximate surface area is 72.4 Å². The minimum atomic E-state index is 0.224. The summed E-state index contributed by atoms with van der Waals surface area (Å²) >= 11 is 0. The molecule has 0 spiro atoms. The van der Waals surface area contributed by atoms with Crippen molar-refractivity contribution < 1.29 is 4.79 Å². The molecule has 0 aromatic rings. The number of carbonyl (C=O) groups is 1. The van der Waals surface area contributed by atoms with Gasteiger partial charge >= 0.3 is 0 Å². The lowest BCUT2D eigenvalue weighted by molar-refractivity contribution is -0.123. The van der Waals surface area contributed by atoms with Crippen molar-refractivity contribution in [3.8, 4) is 0 Å². The molecule has 0 bridgehead atoms. The zero-order valence-corrected chi connectivity index (χ0v) is 7.34. The highest BCUT2D eigenvalue weighted by molar-refractivity contribution is 5.95. The number of rotatable bonds is 1. The summed E-state index contributed by atoms with van der Waals surface area (Å²) in [6.45, 7) is 2.98. The van der Waals surface area contributed by atoms with Crippen LogP contribution < -0.4 is 5.32 Å². The molecule has 0 atom stereocenters. The Balaban J connectivity index is 2.03. The highest BCUT2D eigenvalue weighted by Gasteiger charge is 2.24. The first-order valence-electron chi connectivity index (χ1n) is 4.44. The Bertz CT molecular complexity index is 231. The molecule has 0 unspecified atom stereocenters. The fourth-order valence-corrected chi connectivity index (χ4v) is 1.61. The van der Waals surface area contributed by atoms with Gasteiger partial charge < -0.3 is 10.2 Å². The Kier molecular flexibility index (Phi) is 1.89. The number of likely N-dealkylation sites (N-methyl/N-ethyl adjacent to an activating group) is 1. The first kappa shape index (κ1) is 7.80. The normalized spacial score (nSPS) is 28.2. The second-order valence-electron chi connectivity index (χ2n) is 3.59. The van der Waals surface area contributed by atoms with Crippen molar-refractivity contribution in [3.63, 3.8) is 0 Å². The predicted molar refractivity (Wildman–Crippen MR) is 46.7 cm³/mol. The Morgan fingerprint density at radius 1 is 1.58 bits per heavy atom. The summed E-state index contributed by atoms with van der Waals surface area (Å²) < 4.78 is 0. The highest BCUT2D eigenvalue weighted by atomic mass is 16.2. The molecule has 66 valence electrons. The van der Waals surface area contributed by atoms with Crippen molar-refractivity contribution in [2.24, 2.45) is 5.92 Å². The van der Waals surface area contributed by atoms with E-state index in [0.717, 1.165) is 31.6 Å². The van der Waals surface area contributed by atoms with Gasteiger partial charge in [-0.1, -0.05) is 6.08 Å². The molecule has 3 nitrogen and oxygen atoms in total. The molecular formula is C9H14N2O. The van der Waals surface area contributed by atoms with Gasteiger partial charge in [-0.05, 0) is 6.42 Å². The summed E-state index contributed by atoms with van der Waals surface area (Å²) in [4.78, 5) is 13.2. The number of nitrogens with zero attached hydrogens (tertiary/aromatic N) is 1. The number of amides is 1. The van der Waals surface area contributed by atoms with E-state index in [4.69, 9.17) is 0 Å². The van der Waals surface area contributed by atoms with Crippen LogP contribution in [0.15, 0.2) is 11.6 Å². The summed E-state index contributed by atoms with van der Waals surface area (Å²) in [5.41, 5.74) is 1.02. The van der Waals surface area contributed by atoms with Gasteiger partial charge in [-0.3, -0.25) is 4.79 Å². The lowest BCUT2D eigenvalue weighted by atomic mass is 9.99. The maximum Gasteiger partial charge on any atom is 0.249 e. The predicted octanol–water partition coefficient (Wildman–Crippen LogP) is -0.00570. The third kappa shape index (κ3) is 1.25. The van der Waals surface area contributed by atoms with Crippen LogP contribution in [-0.4, -0.2) is 37.5 Å². The Hall–Kier alpha value is -0.830. The Morgan fingerprint density at radius 2 is 2.33 bits per heavy atom. The topological polar surface area (TPSA) is 32.3 Å². The van der Waals surface area contributed by atoms with Crippen LogP contribution in [0.3, 0.4) is 0 Å². The van der Waals surface area contributed by atoms with E-state index in [1.165, 1.54) is 0 Å². The first-order chi connectivity index (χ1) is 5.77. The van der Waals surface area contributed by atoms with Crippen molar-refractivity contribution in [1.82, 2.24) is 10.2 Å². The second-order valence-corrected chi connectivity index (χ2v) is 3.59. The molecule has 0 saturated carbocycles. The molecule has 0 radical (unpaired) electrons. The summed E-state index contributed by atoms with van der Waals surface area (Å²) in [7, 11) is 1.86. The van der Waals surface area contributed by atoms with Crippen LogP contribution >= 0.6 is 0 Å². The van der Waals surface area contributed by atoms with E-state index in [-0.39, 0.29) is 5.91 Å². The van der Waals surface area contributed by atoms with E-state index >= 15 is 0 Å². The molecule has 2 heterocycles. The van der Waals surface area contributed by atoms with Crippen LogP contribution in [0, 0.1) is 5.92 Å². The fourth-order valence-electron chi connectivity index (χ4n) is 1.61. The third-order valence-electron chi connectivity index (χ3n) is 2.59. The molecule has 2 rings (SSSR count). The quantitative estimate of drug-likeness (QED) is 0.556. The number of carbonyl (C=O) groups excluding carboxylic acids is 1. The van der Waals surface area contributed by atoms with Crippen molar-refractivity contribution in [1.29, 1.82) is 0 Å². The zero-order valence-electron chi connectivity index (χ0n) is 7.34. The zero-order chi connectivity index (χ0) is 8.55. The molecule has 12 heavy (non-hydrogen) atoms. The number of hydrogen-bond donors (Lipinski definition) is 1. The van der Waals surface area contributed by atoms with Crippen molar-refractivity contribution >= 4 is 5.91 Å². The summed E-state index contributed by atoms with van der Waals surface area (Å²) in [6.07, 6.45) is 3.08. The third-order valence-corrected chi connectivity index (χ3v) is 2.59. The van der Waals surface area contributed by atoms with Crippen LogP contribution in [-0.2, 0) is 4.79 Å². The standard InChI is InChI=1S/C9H14N2O/c1-11-3-2-8(9(11)12)4-7-5-10-6-7/h4,7,10H,2-3,5-6H2,1H3/b8-4+. The maximum atomic E-state index is 11.4. The minimum Gasteiger partial charge on any atom is -0.342 e. The van der Waals surface area contributed by atoms with Crippen LogP contribution in [0.4, 0.5) is 0 Å². The number of hydrogen-bond acceptors (Lipinski definition) is 2. The van der Waals surface area contributed by atoms with Gasteiger partial charge in [-0.25, -0.2) is 0 Å². The molecule has 2 saturated heterocycles. The van der Waals surface area contributed by atoms with Crippen LogP contribution in [0.1, 0.15) is 6.42 Å². The van der Waals surface area contributed by atoms with E-state index in [1.54, 1.807) is 4.90 Å².